The average molecular weight is 235 g/mol. The number of hydrogen-bond donors (Lipinski definition) is 1. The molecule has 1 saturated carbocycles. The van der Waals surface area contributed by atoms with E-state index in [1.807, 2.05) is 6.20 Å². The predicted molar refractivity (Wildman–Crippen MR) is 71.0 cm³/mol. The van der Waals surface area contributed by atoms with Gasteiger partial charge in [-0.25, -0.2) is 4.98 Å². The molecule has 0 saturated heterocycles. The molecule has 1 aromatic heterocycles. The first-order chi connectivity index (χ1) is 8.13. The lowest BCUT2D eigenvalue weighted by Crippen LogP contribution is -2.45. The highest BCUT2D eigenvalue weighted by Crippen LogP contribution is 2.37. The third-order valence-electron chi connectivity index (χ3n) is 4.08. The monoisotopic (exact) mass is 235 g/mol. The van der Waals surface area contributed by atoms with Crippen LogP contribution in [0.5, 0.6) is 0 Å². The summed E-state index contributed by atoms with van der Waals surface area (Å²) in [5.74, 6) is 2.68. The molecule has 1 N–H and O–H groups in total. The Balaban J connectivity index is 2.24. The molecule has 0 spiro atoms. The van der Waals surface area contributed by atoms with Crippen molar-refractivity contribution < 1.29 is 0 Å². The van der Waals surface area contributed by atoms with Gasteiger partial charge in [0.05, 0.1) is 6.04 Å². The van der Waals surface area contributed by atoms with Crippen molar-refractivity contribution in [3.05, 3.63) is 18.2 Å². The Morgan fingerprint density at radius 3 is 2.76 bits per heavy atom. The van der Waals surface area contributed by atoms with Gasteiger partial charge in [0.15, 0.2) is 0 Å². The van der Waals surface area contributed by atoms with Crippen molar-refractivity contribution in [2.45, 2.75) is 52.6 Å². The summed E-state index contributed by atoms with van der Waals surface area (Å²) in [6.07, 6.45) is 6.66. The summed E-state index contributed by atoms with van der Waals surface area (Å²) in [6.45, 7) is 10.1. The normalized spacial score (nSPS) is 33.9. The Kier molecular flexibility index (Phi) is 3.87. The van der Waals surface area contributed by atoms with Gasteiger partial charge in [0, 0.05) is 18.4 Å². The summed E-state index contributed by atoms with van der Waals surface area (Å²) in [6, 6.07) is 1.15. The van der Waals surface area contributed by atoms with Crippen LogP contribution in [0.1, 0.15) is 45.5 Å². The summed E-state index contributed by atoms with van der Waals surface area (Å²) in [4.78, 5) is 4.38. The number of aryl methyl sites for hydroxylation is 1. The van der Waals surface area contributed by atoms with Crippen LogP contribution in [0.3, 0.4) is 0 Å². The molecule has 0 radical (unpaired) electrons. The molecule has 1 aliphatic carbocycles. The van der Waals surface area contributed by atoms with Gasteiger partial charge in [-0.05, 0) is 38.1 Å². The number of nitrogens with zero attached hydrogens (tertiary/aromatic N) is 2. The molecule has 2 rings (SSSR count). The van der Waals surface area contributed by atoms with E-state index in [-0.39, 0.29) is 0 Å². The molecule has 0 bridgehead atoms. The first-order valence-corrected chi connectivity index (χ1v) is 6.86. The largest absolute Gasteiger partial charge is 0.330 e. The van der Waals surface area contributed by atoms with E-state index in [9.17, 15) is 0 Å². The van der Waals surface area contributed by atoms with Crippen LogP contribution in [0.4, 0.5) is 0 Å². The maximum Gasteiger partial charge on any atom is 0.105 e. The summed E-state index contributed by atoms with van der Waals surface area (Å²) in [7, 11) is 0. The SMILES string of the molecule is CCNC1CC(C)CC(C)C1n1ccnc1C. The summed E-state index contributed by atoms with van der Waals surface area (Å²) in [5.41, 5.74) is 0. The van der Waals surface area contributed by atoms with E-state index in [0.29, 0.717) is 12.1 Å². The summed E-state index contributed by atoms with van der Waals surface area (Å²) in [5, 5.41) is 3.66. The maximum absolute atomic E-state index is 4.38. The van der Waals surface area contributed by atoms with Crippen LogP contribution < -0.4 is 5.32 Å². The van der Waals surface area contributed by atoms with Crippen molar-refractivity contribution in [1.29, 1.82) is 0 Å². The summed E-state index contributed by atoms with van der Waals surface area (Å²) >= 11 is 0. The molecule has 3 nitrogen and oxygen atoms in total. The molecule has 0 aliphatic heterocycles. The zero-order chi connectivity index (χ0) is 12.4. The van der Waals surface area contributed by atoms with Gasteiger partial charge in [-0.3, -0.25) is 0 Å². The number of aromatic nitrogens is 2. The highest BCUT2D eigenvalue weighted by Gasteiger charge is 2.34. The van der Waals surface area contributed by atoms with Crippen LogP contribution in [-0.2, 0) is 0 Å². The zero-order valence-electron chi connectivity index (χ0n) is 11.5. The second kappa shape index (κ2) is 5.21. The zero-order valence-corrected chi connectivity index (χ0v) is 11.5. The lowest BCUT2D eigenvalue weighted by atomic mass is 9.76. The van der Waals surface area contributed by atoms with Gasteiger partial charge >= 0.3 is 0 Å². The molecular weight excluding hydrogens is 210 g/mol. The lowest BCUT2D eigenvalue weighted by Gasteiger charge is -2.41. The van der Waals surface area contributed by atoms with Gasteiger partial charge in [0.25, 0.3) is 0 Å². The van der Waals surface area contributed by atoms with Crippen LogP contribution in [-0.4, -0.2) is 22.1 Å². The Morgan fingerprint density at radius 1 is 1.41 bits per heavy atom. The van der Waals surface area contributed by atoms with Crippen molar-refractivity contribution in [2.75, 3.05) is 6.54 Å². The van der Waals surface area contributed by atoms with Crippen LogP contribution in [0.15, 0.2) is 12.4 Å². The van der Waals surface area contributed by atoms with E-state index >= 15 is 0 Å². The molecular formula is C14H25N3. The molecule has 0 aromatic carbocycles. The van der Waals surface area contributed by atoms with Gasteiger partial charge in [-0.15, -0.1) is 0 Å². The van der Waals surface area contributed by atoms with E-state index in [4.69, 9.17) is 0 Å². The molecule has 4 atom stereocenters. The first kappa shape index (κ1) is 12.6. The lowest BCUT2D eigenvalue weighted by molar-refractivity contribution is 0.153. The van der Waals surface area contributed by atoms with Crippen molar-refractivity contribution in [3.8, 4) is 0 Å². The van der Waals surface area contributed by atoms with Crippen molar-refractivity contribution in [3.63, 3.8) is 0 Å². The van der Waals surface area contributed by atoms with Crippen molar-refractivity contribution >= 4 is 0 Å². The Hall–Kier alpha value is -0.830. The van der Waals surface area contributed by atoms with Gasteiger partial charge in [-0.1, -0.05) is 20.8 Å². The number of rotatable bonds is 3. The highest BCUT2D eigenvalue weighted by atomic mass is 15.1. The maximum atomic E-state index is 4.38. The molecule has 1 fully saturated rings. The number of likely N-dealkylation sites (N-methyl/N-ethyl adjacent to an activating group) is 1. The van der Waals surface area contributed by atoms with Crippen LogP contribution in [0.25, 0.3) is 0 Å². The summed E-state index contributed by atoms with van der Waals surface area (Å²) < 4.78 is 2.36. The Labute approximate surface area is 105 Å². The third kappa shape index (κ3) is 2.54. The average Bonchev–Trinajstić information content (AvgIpc) is 2.64. The molecule has 1 heterocycles. The van der Waals surface area contributed by atoms with Crippen LogP contribution >= 0.6 is 0 Å². The molecule has 0 amide bonds. The fraction of sp³-hybridized carbons (Fsp3) is 0.786. The molecule has 17 heavy (non-hydrogen) atoms. The quantitative estimate of drug-likeness (QED) is 0.873. The van der Waals surface area contributed by atoms with Crippen LogP contribution in [0.2, 0.25) is 0 Å². The standard InChI is InChI=1S/C14H25N3/c1-5-15-13-9-10(2)8-11(3)14(13)17-7-6-16-12(17)4/h6-7,10-11,13-15H,5,8-9H2,1-4H3. The van der Waals surface area contributed by atoms with E-state index in [1.165, 1.54) is 12.8 Å². The van der Waals surface area contributed by atoms with Gasteiger partial charge < -0.3 is 9.88 Å². The Morgan fingerprint density at radius 2 is 2.18 bits per heavy atom. The number of hydrogen-bond acceptors (Lipinski definition) is 2. The molecule has 1 aliphatic rings. The van der Waals surface area contributed by atoms with Crippen molar-refractivity contribution in [2.24, 2.45) is 11.8 Å². The first-order valence-electron chi connectivity index (χ1n) is 6.86. The second-order valence-corrected chi connectivity index (χ2v) is 5.59. The van der Waals surface area contributed by atoms with E-state index in [2.05, 4.69) is 48.8 Å². The topological polar surface area (TPSA) is 29.9 Å². The minimum absolute atomic E-state index is 0.564. The van der Waals surface area contributed by atoms with E-state index in [0.717, 1.165) is 24.2 Å². The molecule has 3 heteroatoms. The third-order valence-corrected chi connectivity index (χ3v) is 4.08. The van der Waals surface area contributed by atoms with Crippen molar-refractivity contribution in [1.82, 2.24) is 14.9 Å². The minimum atomic E-state index is 0.564. The number of nitrogens with one attached hydrogen (secondary N) is 1. The molecule has 4 unspecified atom stereocenters. The van der Waals surface area contributed by atoms with Crippen LogP contribution in [0, 0.1) is 18.8 Å². The van der Waals surface area contributed by atoms with Gasteiger partial charge in [0.1, 0.15) is 5.82 Å². The second-order valence-electron chi connectivity index (χ2n) is 5.59. The van der Waals surface area contributed by atoms with Gasteiger partial charge in [0.2, 0.25) is 0 Å². The Bertz CT molecular complexity index is 358. The fourth-order valence-electron chi connectivity index (χ4n) is 3.48. The predicted octanol–water partition coefficient (Wildman–Crippen LogP) is 2.78. The van der Waals surface area contributed by atoms with E-state index < -0.39 is 0 Å². The molecule has 1 aromatic rings. The number of imidazole rings is 1. The highest BCUT2D eigenvalue weighted by molar-refractivity contribution is 4.99. The fourth-order valence-corrected chi connectivity index (χ4v) is 3.48. The van der Waals surface area contributed by atoms with E-state index in [1.54, 1.807) is 0 Å². The minimum Gasteiger partial charge on any atom is -0.330 e. The smallest absolute Gasteiger partial charge is 0.105 e. The van der Waals surface area contributed by atoms with Gasteiger partial charge in [-0.2, -0.15) is 0 Å². The molecule has 96 valence electrons.